The summed E-state index contributed by atoms with van der Waals surface area (Å²) in [5.41, 5.74) is 2.30. The van der Waals surface area contributed by atoms with E-state index in [4.69, 9.17) is 4.98 Å². The molecule has 5 heteroatoms. The van der Waals surface area contributed by atoms with Gasteiger partial charge >= 0.3 is 0 Å². The van der Waals surface area contributed by atoms with Crippen LogP contribution in [0.1, 0.15) is 37.5 Å². The van der Waals surface area contributed by atoms with E-state index >= 15 is 0 Å². The number of rotatable bonds is 3. The van der Waals surface area contributed by atoms with E-state index < -0.39 is 0 Å². The minimum Gasteiger partial charge on any atom is -0.346 e. The first-order valence-corrected chi connectivity index (χ1v) is 8.29. The maximum absolute atomic E-state index is 4.94. The minimum absolute atomic E-state index is 0.289. The van der Waals surface area contributed by atoms with Crippen LogP contribution < -0.4 is 4.90 Å². The SMILES string of the molecule is CCn1c([C@H]2CCCN2c2ccnc(C)n2)nc2ccccc21. The molecule has 0 radical (unpaired) electrons. The first-order chi connectivity index (χ1) is 11.3. The van der Waals surface area contributed by atoms with Crippen molar-refractivity contribution in [2.75, 3.05) is 11.4 Å². The molecule has 2 aromatic heterocycles. The summed E-state index contributed by atoms with van der Waals surface area (Å²) in [6, 6.07) is 10.7. The molecule has 1 saturated heterocycles. The van der Waals surface area contributed by atoms with Gasteiger partial charge in [0.25, 0.3) is 0 Å². The number of hydrogen-bond donors (Lipinski definition) is 0. The molecule has 0 unspecified atom stereocenters. The van der Waals surface area contributed by atoms with Gasteiger partial charge in [0, 0.05) is 19.3 Å². The van der Waals surface area contributed by atoms with Gasteiger partial charge in [0.05, 0.1) is 17.1 Å². The number of aryl methyl sites for hydroxylation is 2. The largest absolute Gasteiger partial charge is 0.346 e. The molecule has 1 aliphatic rings. The Kier molecular flexibility index (Phi) is 3.48. The highest BCUT2D eigenvalue weighted by Gasteiger charge is 2.31. The van der Waals surface area contributed by atoms with E-state index in [9.17, 15) is 0 Å². The van der Waals surface area contributed by atoms with Crippen molar-refractivity contribution in [3.05, 3.63) is 48.2 Å². The summed E-state index contributed by atoms with van der Waals surface area (Å²) in [7, 11) is 0. The van der Waals surface area contributed by atoms with Crippen LogP contribution >= 0.6 is 0 Å². The number of aromatic nitrogens is 4. The fraction of sp³-hybridized carbons (Fsp3) is 0.389. The van der Waals surface area contributed by atoms with Crippen LogP contribution in [0.4, 0.5) is 5.82 Å². The third-order valence-corrected chi connectivity index (χ3v) is 4.61. The zero-order valence-electron chi connectivity index (χ0n) is 13.6. The molecule has 4 rings (SSSR count). The van der Waals surface area contributed by atoms with Crippen molar-refractivity contribution >= 4 is 16.9 Å². The smallest absolute Gasteiger partial charge is 0.132 e. The van der Waals surface area contributed by atoms with E-state index in [2.05, 4.69) is 50.6 Å². The minimum atomic E-state index is 0.289. The van der Waals surface area contributed by atoms with E-state index in [1.807, 2.05) is 19.2 Å². The Bertz CT molecular complexity index is 838. The van der Waals surface area contributed by atoms with Gasteiger partial charge in [0.1, 0.15) is 17.5 Å². The monoisotopic (exact) mass is 307 g/mol. The summed E-state index contributed by atoms with van der Waals surface area (Å²) >= 11 is 0. The number of benzene rings is 1. The van der Waals surface area contributed by atoms with Gasteiger partial charge in [-0.3, -0.25) is 0 Å². The van der Waals surface area contributed by atoms with Gasteiger partial charge in [-0.25, -0.2) is 15.0 Å². The van der Waals surface area contributed by atoms with Crippen molar-refractivity contribution in [3.8, 4) is 0 Å². The highest BCUT2D eigenvalue weighted by Crippen LogP contribution is 2.36. The molecule has 1 aliphatic heterocycles. The van der Waals surface area contributed by atoms with Crippen LogP contribution in [0.5, 0.6) is 0 Å². The molecule has 1 fully saturated rings. The standard InChI is InChI=1S/C18H21N5/c1-3-22-15-8-5-4-7-14(15)21-18(22)16-9-6-12-23(16)17-10-11-19-13(2)20-17/h4-5,7-8,10-11,16H,3,6,9,12H2,1-2H3/t16-/m1/s1. The van der Waals surface area contributed by atoms with Crippen molar-refractivity contribution in [1.29, 1.82) is 0 Å². The molecule has 1 atom stereocenters. The second-order valence-electron chi connectivity index (χ2n) is 6.02. The van der Waals surface area contributed by atoms with Gasteiger partial charge in [0.15, 0.2) is 0 Å². The van der Waals surface area contributed by atoms with Crippen molar-refractivity contribution in [1.82, 2.24) is 19.5 Å². The van der Waals surface area contributed by atoms with Crippen LogP contribution in [0.2, 0.25) is 0 Å². The molecule has 118 valence electrons. The van der Waals surface area contributed by atoms with Crippen LogP contribution in [-0.4, -0.2) is 26.1 Å². The fourth-order valence-electron chi connectivity index (χ4n) is 3.59. The topological polar surface area (TPSA) is 46.8 Å². The molecule has 0 amide bonds. The number of anilines is 1. The third kappa shape index (κ3) is 2.36. The fourth-order valence-corrected chi connectivity index (χ4v) is 3.59. The van der Waals surface area contributed by atoms with Crippen molar-refractivity contribution in [2.45, 2.75) is 39.3 Å². The molecule has 0 N–H and O–H groups in total. The summed E-state index contributed by atoms with van der Waals surface area (Å²) in [5.74, 6) is 2.98. The molecular weight excluding hydrogens is 286 g/mol. The molecule has 23 heavy (non-hydrogen) atoms. The first-order valence-electron chi connectivity index (χ1n) is 8.29. The molecule has 0 spiro atoms. The molecule has 5 nitrogen and oxygen atoms in total. The first kappa shape index (κ1) is 14.2. The molecule has 0 aliphatic carbocycles. The normalized spacial score (nSPS) is 18.0. The summed E-state index contributed by atoms with van der Waals surface area (Å²) in [5, 5.41) is 0. The zero-order chi connectivity index (χ0) is 15.8. The maximum Gasteiger partial charge on any atom is 0.132 e. The summed E-state index contributed by atoms with van der Waals surface area (Å²) in [6.45, 7) is 6.08. The van der Waals surface area contributed by atoms with Gasteiger partial charge < -0.3 is 9.47 Å². The van der Waals surface area contributed by atoms with E-state index in [1.54, 1.807) is 0 Å². The molecule has 0 bridgehead atoms. The summed E-state index contributed by atoms with van der Waals surface area (Å²) in [6.07, 6.45) is 4.13. The van der Waals surface area contributed by atoms with Gasteiger partial charge in [-0.1, -0.05) is 12.1 Å². The van der Waals surface area contributed by atoms with Gasteiger partial charge in [-0.05, 0) is 44.9 Å². The predicted octanol–water partition coefficient (Wildman–Crippen LogP) is 3.50. The zero-order valence-corrected chi connectivity index (χ0v) is 13.6. The molecule has 3 aromatic rings. The Balaban J connectivity index is 1.80. The quantitative estimate of drug-likeness (QED) is 0.743. The number of para-hydroxylation sites is 2. The highest BCUT2D eigenvalue weighted by molar-refractivity contribution is 5.76. The van der Waals surface area contributed by atoms with Crippen molar-refractivity contribution in [2.24, 2.45) is 0 Å². The van der Waals surface area contributed by atoms with Crippen LogP contribution in [0.15, 0.2) is 36.5 Å². The van der Waals surface area contributed by atoms with Crippen LogP contribution in [-0.2, 0) is 6.54 Å². The Morgan fingerprint density at radius 2 is 2.04 bits per heavy atom. The Morgan fingerprint density at radius 3 is 2.87 bits per heavy atom. The summed E-state index contributed by atoms with van der Waals surface area (Å²) < 4.78 is 2.34. The average molecular weight is 307 g/mol. The lowest BCUT2D eigenvalue weighted by molar-refractivity contribution is 0.605. The number of fused-ring (bicyclic) bond motifs is 1. The molecule has 1 aromatic carbocycles. The van der Waals surface area contributed by atoms with Gasteiger partial charge in [-0.2, -0.15) is 0 Å². The average Bonchev–Trinajstić information content (AvgIpc) is 3.18. The molecule has 0 saturated carbocycles. The second-order valence-corrected chi connectivity index (χ2v) is 6.02. The van der Waals surface area contributed by atoms with E-state index in [1.165, 1.54) is 11.9 Å². The highest BCUT2D eigenvalue weighted by atomic mass is 15.3. The van der Waals surface area contributed by atoms with Crippen LogP contribution in [0, 0.1) is 6.92 Å². The van der Waals surface area contributed by atoms with Gasteiger partial charge in [0.2, 0.25) is 0 Å². The number of nitrogens with zero attached hydrogens (tertiary/aromatic N) is 5. The van der Waals surface area contributed by atoms with Crippen molar-refractivity contribution in [3.63, 3.8) is 0 Å². The van der Waals surface area contributed by atoms with Gasteiger partial charge in [-0.15, -0.1) is 0 Å². The van der Waals surface area contributed by atoms with E-state index in [0.717, 1.165) is 42.5 Å². The molecular formula is C18H21N5. The lowest BCUT2D eigenvalue weighted by Crippen LogP contribution is -2.26. The van der Waals surface area contributed by atoms with Crippen LogP contribution in [0.3, 0.4) is 0 Å². The lowest BCUT2D eigenvalue weighted by atomic mass is 10.2. The Hall–Kier alpha value is -2.43. The molecule has 3 heterocycles. The van der Waals surface area contributed by atoms with E-state index in [-0.39, 0.29) is 6.04 Å². The predicted molar refractivity (Wildman–Crippen MR) is 91.5 cm³/mol. The Labute approximate surface area is 136 Å². The second kappa shape index (κ2) is 5.65. The van der Waals surface area contributed by atoms with Crippen LogP contribution in [0.25, 0.3) is 11.0 Å². The van der Waals surface area contributed by atoms with E-state index in [0.29, 0.717) is 0 Å². The Morgan fingerprint density at radius 1 is 1.17 bits per heavy atom. The number of imidazole rings is 1. The lowest BCUT2D eigenvalue weighted by Gasteiger charge is -2.26. The summed E-state index contributed by atoms with van der Waals surface area (Å²) in [4.78, 5) is 16.2. The van der Waals surface area contributed by atoms with Crippen molar-refractivity contribution < 1.29 is 0 Å². The third-order valence-electron chi connectivity index (χ3n) is 4.61. The number of hydrogen-bond acceptors (Lipinski definition) is 4. The maximum atomic E-state index is 4.94.